The van der Waals surface area contributed by atoms with E-state index in [0.29, 0.717) is 0 Å². The molecular weight excluding hydrogens is 288 g/mol. The van der Waals surface area contributed by atoms with Crippen molar-refractivity contribution >= 4 is 29.3 Å². The molecule has 0 N–H and O–H groups in total. The molecule has 0 aliphatic rings. The Hall–Kier alpha value is -1.92. The molecule has 100 valence electrons. The van der Waals surface area contributed by atoms with Crippen LogP contribution in [0, 0.1) is 0 Å². The SMILES string of the molecule is C(=N\n1cnnc1SCc1ccccc1)/c1cccs1. The van der Waals surface area contributed by atoms with Gasteiger partial charge < -0.3 is 0 Å². The van der Waals surface area contributed by atoms with Crippen molar-refractivity contribution in [1.82, 2.24) is 14.9 Å². The van der Waals surface area contributed by atoms with Crippen LogP contribution in [-0.2, 0) is 5.75 Å². The highest BCUT2D eigenvalue weighted by Crippen LogP contribution is 2.20. The molecule has 0 spiro atoms. The van der Waals surface area contributed by atoms with Crippen LogP contribution in [0.2, 0.25) is 0 Å². The lowest BCUT2D eigenvalue weighted by atomic mass is 10.2. The van der Waals surface area contributed by atoms with Crippen molar-refractivity contribution in [2.24, 2.45) is 5.10 Å². The summed E-state index contributed by atoms with van der Waals surface area (Å²) < 4.78 is 1.70. The Balaban J connectivity index is 1.67. The molecule has 0 aliphatic carbocycles. The van der Waals surface area contributed by atoms with Gasteiger partial charge in [0, 0.05) is 10.6 Å². The van der Waals surface area contributed by atoms with E-state index in [2.05, 4.69) is 27.4 Å². The van der Waals surface area contributed by atoms with Gasteiger partial charge in [0.1, 0.15) is 6.33 Å². The van der Waals surface area contributed by atoms with Crippen LogP contribution in [0.1, 0.15) is 10.4 Å². The van der Waals surface area contributed by atoms with Gasteiger partial charge in [-0.25, -0.2) is 0 Å². The second-order valence-corrected chi connectivity index (χ2v) is 5.91. The van der Waals surface area contributed by atoms with Crippen molar-refractivity contribution in [2.45, 2.75) is 10.9 Å². The molecule has 0 saturated heterocycles. The second-order valence-electron chi connectivity index (χ2n) is 3.99. The minimum Gasteiger partial charge on any atom is -0.195 e. The lowest BCUT2D eigenvalue weighted by molar-refractivity contribution is 0.767. The fourth-order valence-corrected chi connectivity index (χ4v) is 3.00. The van der Waals surface area contributed by atoms with E-state index in [1.807, 2.05) is 41.9 Å². The number of thioether (sulfide) groups is 1. The Morgan fingerprint density at radius 3 is 2.90 bits per heavy atom. The molecule has 0 unspecified atom stereocenters. The van der Waals surface area contributed by atoms with Crippen molar-refractivity contribution in [1.29, 1.82) is 0 Å². The Bertz CT molecular complexity index is 674. The Labute approximate surface area is 125 Å². The summed E-state index contributed by atoms with van der Waals surface area (Å²) >= 11 is 3.27. The summed E-state index contributed by atoms with van der Waals surface area (Å²) in [6, 6.07) is 14.3. The number of rotatable bonds is 5. The summed E-state index contributed by atoms with van der Waals surface area (Å²) in [5.41, 5.74) is 1.26. The van der Waals surface area contributed by atoms with Crippen LogP contribution in [0.3, 0.4) is 0 Å². The third-order valence-electron chi connectivity index (χ3n) is 2.56. The maximum Gasteiger partial charge on any atom is 0.212 e. The minimum absolute atomic E-state index is 0.793. The summed E-state index contributed by atoms with van der Waals surface area (Å²) in [6.45, 7) is 0. The van der Waals surface area contributed by atoms with E-state index in [0.717, 1.165) is 15.8 Å². The zero-order chi connectivity index (χ0) is 13.6. The summed E-state index contributed by atoms with van der Waals surface area (Å²) in [5, 5.41) is 15.2. The minimum atomic E-state index is 0.793. The molecule has 0 bridgehead atoms. The number of aromatic nitrogens is 3. The van der Waals surface area contributed by atoms with E-state index in [1.165, 1.54) is 5.56 Å². The van der Waals surface area contributed by atoms with Gasteiger partial charge in [-0.3, -0.25) is 0 Å². The quantitative estimate of drug-likeness (QED) is 0.535. The number of thiophene rings is 1. The highest BCUT2D eigenvalue weighted by molar-refractivity contribution is 7.98. The molecule has 0 amide bonds. The first-order valence-corrected chi connectivity index (χ1v) is 7.93. The predicted octanol–water partition coefficient (Wildman–Crippen LogP) is 3.51. The number of hydrogen-bond acceptors (Lipinski definition) is 5. The molecule has 0 aliphatic heterocycles. The Kier molecular flexibility index (Phi) is 4.25. The highest BCUT2D eigenvalue weighted by atomic mass is 32.2. The van der Waals surface area contributed by atoms with Gasteiger partial charge in [0.25, 0.3) is 0 Å². The number of benzene rings is 1. The summed E-state index contributed by atoms with van der Waals surface area (Å²) in [4.78, 5) is 1.11. The lowest BCUT2D eigenvalue weighted by Crippen LogP contribution is -1.91. The first kappa shape index (κ1) is 13.1. The maximum atomic E-state index is 4.38. The van der Waals surface area contributed by atoms with Gasteiger partial charge in [0.2, 0.25) is 5.16 Å². The predicted molar refractivity (Wildman–Crippen MR) is 83.3 cm³/mol. The molecule has 3 aromatic rings. The van der Waals surface area contributed by atoms with E-state index in [-0.39, 0.29) is 0 Å². The van der Waals surface area contributed by atoms with Crippen LogP contribution in [0.4, 0.5) is 0 Å². The highest BCUT2D eigenvalue weighted by Gasteiger charge is 2.04. The zero-order valence-electron chi connectivity index (χ0n) is 10.6. The van der Waals surface area contributed by atoms with E-state index in [4.69, 9.17) is 0 Å². The van der Waals surface area contributed by atoms with Crippen LogP contribution < -0.4 is 0 Å². The topological polar surface area (TPSA) is 43.1 Å². The summed E-state index contributed by atoms with van der Waals surface area (Å²) in [6.07, 6.45) is 3.44. The van der Waals surface area contributed by atoms with E-state index in [1.54, 1.807) is 34.1 Å². The molecule has 0 atom stereocenters. The molecule has 0 fully saturated rings. The molecular formula is C14H12N4S2. The van der Waals surface area contributed by atoms with Gasteiger partial charge in [0.05, 0.1) is 6.21 Å². The summed E-state index contributed by atoms with van der Waals surface area (Å²) in [5.74, 6) is 0.855. The maximum absolute atomic E-state index is 4.38. The Morgan fingerprint density at radius 1 is 1.20 bits per heavy atom. The van der Waals surface area contributed by atoms with Gasteiger partial charge >= 0.3 is 0 Å². The fraction of sp³-hybridized carbons (Fsp3) is 0.0714. The average molecular weight is 300 g/mol. The third-order valence-corrected chi connectivity index (χ3v) is 4.38. The normalized spacial score (nSPS) is 11.2. The van der Waals surface area contributed by atoms with E-state index in [9.17, 15) is 0 Å². The molecule has 0 radical (unpaired) electrons. The average Bonchev–Trinajstić information content (AvgIpc) is 3.15. The Morgan fingerprint density at radius 2 is 2.10 bits per heavy atom. The zero-order valence-corrected chi connectivity index (χ0v) is 12.2. The first-order valence-electron chi connectivity index (χ1n) is 6.06. The third kappa shape index (κ3) is 3.34. The number of nitrogens with zero attached hydrogens (tertiary/aromatic N) is 4. The van der Waals surface area contributed by atoms with Gasteiger partial charge in [-0.2, -0.15) is 9.78 Å². The summed E-state index contributed by atoms with van der Waals surface area (Å²) in [7, 11) is 0. The monoisotopic (exact) mass is 300 g/mol. The van der Waals surface area contributed by atoms with E-state index >= 15 is 0 Å². The van der Waals surface area contributed by atoms with Gasteiger partial charge in [0.15, 0.2) is 0 Å². The van der Waals surface area contributed by atoms with Crippen molar-refractivity contribution in [3.05, 3.63) is 64.6 Å². The van der Waals surface area contributed by atoms with E-state index < -0.39 is 0 Å². The second kappa shape index (κ2) is 6.49. The van der Waals surface area contributed by atoms with Crippen LogP contribution in [-0.4, -0.2) is 21.1 Å². The molecule has 2 aromatic heterocycles. The first-order chi connectivity index (χ1) is 9.92. The van der Waals surface area contributed by atoms with Crippen molar-refractivity contribution in [3.63, 3.8) is 0 Å². The van der Waals surface area contributed by atoms with Crippen LogP contribution in [0.25, 0.3) is 0 Å². The van der Waals surface area contributed by atoms with Crippen LogP contribution in [0.5, 0.6) is 0 Å². The fourth-order valence-electron chi connectivity index (χ4n) is 1.60. The van der Waals surface area contributed by atoms with Gasteiger partial charge in [-0.15, -0.1) is 21.5 Å². The molecule has 20 heavy (non-hydrogen) atoms. The standard InChI is InChI=1S/C14H12N4S2/c1-2-5-12(6-3-1)10-20-14-17-15-11-18(14)16-9-13-7-4-8-19-13/h1-9,11H,10H2/b16-9+. The van der Waals surface area contributed by atoms with Crippen molar-refractivity contribution in [3.8, 4) is 0 Å². The molecule has 6 heteroatoms. The van der Waals surface area contributed by atoms with Crippen LogP contribution in [0.15, 0.2) is 64.4 Å². The lowest BCUT2D eigenvalue weighted by Gasteiger charge is -2.00. The number of hydrogen-bond donors (Lipinski definition) is 0. The molecule has 2 heterocycles. The van der Waals surface area contributed by atoms with Gasteiger partial charge in [-0.05, 0) is 17.0 Å². The van der Waals surface area contributed by atoms with Crippen molar-refractivity contribution < 1.29 is 0 Å². The smallest absolute Gasteiger partial charge is 0.195 e. The van der Waals surface area contributed by atoms with Crippen LogP contribution >= 0.6 is 23.1 Å². The molecule has 0 saturated carbocycles. The molecule has 4 nitrogen and oxygen atoms in total. The largest absolute Gasteiger partial charge is 0.212 e. The van der Waals surface area contributed by atoms with Gasteiger partial charge in [-0.1, -0.05) is 48.2 Å². The van der Waals surface area contributed by atoms with Crippen molar-refractivity contribution in [2.75, 3.05) is 0 Å². The molecule has 1 aromatic carbocycles. The molecule has 3 rings (SSSR count).